The summed E-state index contributed by atoms with van der Waals surface area (Å²) < 4.78 is 0. The third kappa shape index (κ3) is 11.0. The lowest BCUT2D eigenvalue weighted by Crippen LogP contribution is -2.32. The zero-order valence-corrected chi connectivity index (χ0v) is 13.3. The lowest BCUT2D eigenvalue weighted by molar-refractivity contribution is 0.212. The molecule has 0 atom stereocenters. The van der Waals surface area contributed by atoms with Crippen LogP contribution in [0.1, 0.15) is 72.6 Å². The van der Waals surface area contributed by atoms with Crippen LogP contribution >= 0.6 is 0 Å². The summed E-state index contributed by atoms with van der Waals surface area (Å²) in [5, 5.41) is 3.47. The van der Waals surface area contributed by atoms with Crippen LogP contribution < -0.4 is 5.32 Å². The van der Waals surface area contributed by atoms with Crippen LogP contribution in [0.15, 0.2) is 0 Å². The Balaban J connectivity index is 3.46. The molecule has 0 bridgehead atoms. The molecule has 0 fully saturated rings. The maximum Gasteiger partial charge on any atom is 0.00385 e. The maximum atomic E-state index is 3.47. The van der Waals surface area contributed by atoms with E-state index in [2.05, 4.69) is 37.9 Å². The van der Waals surface area contributed by atoms with Crippen LogP contribution in [0.4, 0.5) is 0 Å². The molecule has 0 aliphatic rings. The lowest BCUT2D eigenvalue weighted by atomic mass is 10.2. The quantitative estimate of drug-likeness (QED) is 0.500. The van der Waals surface area contributed by atoms with E-state index in [9.17, 15) is 0 Å². The molecule has 0 amide bonds. The molecule has 0 unspecified atom stereocenters. The Kier molecular flexibility index (Phi) is 13.3. The third-order valence-corrected chi connectivity index (χ3v) is 3.50. The van der Waals surface area contributed by atoms with E-state index < -0.39 is 0 Å². The molecule has 110 valence electrons. The predicted octanol–water partition coefficient (Wildman–Crippen LogP) is 4.06. The molecule has 2 heteroatoms. The zero-order valence-electron chi connectivity index (χ0n) is 13.3. The fraction of sp³-hybridized carbons (Fsp3) is 1.00. The van der Waals surface area contributed by atoms with Gasteiger partial charge in [-0.05, 0) is 65.7 Å². The molecule has 0 aliphatic carbocycles. The molecule has 0 aromatic heterocycles. The van der Waals surface area contributed by atoms with Crippen LogP contribution in [0.3, 0.4) is 0 Å². The smallest absolute Gasteiger partial charge is 0.00385 e. The van der Waals surface area contributed by atoms with Crippen LogP contribution in [-0.2, 0) is 0 Å². The van der Waals surface area contributed by atoms with Gasteiger partial charge < -0.3 is 10.2 Å². The summed E-state index contributed by atoms with van der Waals surface area (Å²) in [5.41, 5.74) is 0. The average molecular weight is 256 g/mol. The summed E-state index contributed by atoms with van der Waals surface area (Å²) in [4.78, 5) is 2.65. The second-order valence-corrected chi connectivity index (χ2v) is 5.65. The van der Waals surface area contributed by atoms with Gasteiger partial charge in [0.25, 0.3) is 0 Å². The largest absolute Gasteiger partial charge is 0.317 e. The van der Waals surface area contributed by atoms with E-state index >= 15 is 0 Å². The van der Waals surface area contributed by atoms with Gasteiger partial charge in [-0.3, -0.25) is 0 Å². The molecule has 18 heavy (non-hydrogen) atoms. The van der Waals surface area contributed by atoms with E-state index in [0.717, 1.165) is 0 Å². The zero-order chi connectivity index (χ0) is 13.6. The highest BCUT2D eigenvalue weighted by Gasteiger charge is 2.07. The van der Waals surface area contributed by atoms with Gasteiger partial charge in [0, 0.05) is 6.04 Å². The predicted molar refractivity (Wildman–Crippen MR) is 83.2 cm³/mol. The van der Waals surface area contributed by atoms with Crippen molar-refractivity contribution < 1.29 is 0 Å². The molecule has 0 rings (SSSR count). The average Bonchev–Trinajstić information content (AvgIpc) is 2.35. The van der Waals surface area contributed by atoms with E-state index in [1.54, 1.807) is 0 Å². The minimum absolute atomic E-state index is 0.708. The molecule has 0 saturated carbocycles. The normalized spacial score (nSPS) is 11.7. The topological polar surface area (TPSA) is 15.3 Å². The Labute approximate surface area is 116 Å². The van der Waals surface area contributed by atoms with Gasteiger partial charge in [-0.2, -0.15) is 0 Å². The second kappa shape index (κ2) is 13.4. The molecule has 0 spiro atoms. The van der Waals surface area contributed by atoms with Crippen LogP contribution in [0.2, 0.25) is 0 Å². The Morgan fingerprint density at radius 1 is 0.778 bits per heavy atom. The first-order valence-corrected chi connectivity index (χ1v) is 8.17. The number of nitrogens with one attached hydrogen (secondary N) is 1. The molecule has 0 saturated heterocycles. The summed E-state index contributed by atoms with van der Waals surface area (Å²) in [7, 11) is 0. The highest BCUT2D eigenvalue weighted by atomic mass is 15.1. The summed E-state index contributed by atoms with van der Waals surface area (Å²) in [6.07, 6.45) is 9.39. The van der Waals surface area contributed by atoms with Gasteiger partial charge in [0.1, 0.15) is 0 Å². The molecule has 0 heterocycles. The maximum absolute atomic E-state index is 3.47. The van der Waals surface area contributed by atoms with E-state index in [-0.39, 0.29) is 0 Å². The van der Waals surface area contributed by atoms with Crippen molar-refractivity contribution in [1.29, 1.82) is 0 Å². The van der Waals surface area contributed by atoms with Crippen molar-refractivity contribution >= 4 is 0 Å². The van der Waals surface area contributed by atoms with Crippen LogP contribution in [0.5, 0.6) is 0 Å². The van der Waals surface area contributed by atoms with Crippen molar-refractivity contribution in [2.24, 2.45) is 0 Å². The minimum atomic E-state index is 0.708. The van der Waals surface area contributed by atoms with Crippen molar-refractivity contribution in [3.8, 4) is 0 Å². The Morgan fingerprint density at radius 3 is 2.00 bits per heavy atom. The molecule has 0 aromatic rings. The summed E-state index contributed by atoms with van der Waals surface area (Å²) in [5.74, 6) is 0. The van der Waals surface area contributed by atoms with Gasteiger partial charge in [-0.1, -0.05) is 33.1 Å². The monoisotopic (exact) mass is 256 g/mol. The van der Waals surface area contributed by atoms with Gasteiger partial charge in [0.15, 0.2) is 0 Å². The minimum Gasteiger partial charge on any atom is -0.317 e. The molecule has 0 aromatic carbocycles. The molecular weight excluding hydrogens is 220 g/mol. The van der Waals surface area contributed by atoms with Crippen LogP contribution in [0.25, 0.3) is 0 Å². The van der Waals surface area contributed by atoms with E-state index in [0.29, 0.717) is 6.04 Å². The summed E-state index contributed by atoms with van der Waals surface area (Å²) in [6.45, 7) is 14.1. The number of hydrogen-bond acceptors (Lipinski definition) is 2. The molecule has 0 radical (unpaired) electrons. The summed E-state index contributed by atoms with van der Waals surface area (Å²) in [6, 6.07) is 0.708. The SMILES string of the molecule is CCCCCN(CCCCCNCCC)C(C)C. The fourth-order valence-corrected chi connectivity index (χ4v) is 2.24. The fourth-order valence-electron chi connectivity index (χ4n) is 2.24. The highest BCUT2D eigenvalue weighted by Crippen LogP contribution is 2.06. The number of rotatable bonds is 13. The van der Waals surface area contributed by atoms with Crippen molar-refractivity contribution in [2.75, 3.05) is 26.2 Å². The van der Waals surface area contributed by atoms with Crippen molar-refractivity contribution in [1.82, 2.24) is 10.2 Å². The first kappa shape index (κ1) is 17.9. The van der Waals surface area contributed by atoms with Crippen molar-refractivity contribution in [2.45, 2.75) is 78.7 Å². The molecule has 1 N–H and O–H groups in total. The van der Waals surface area contributed by atoms with Gasteiger partial charge in [-0.25, -0.2) is 0 Å². The van der Waals surface area contributed by atoms with Gasteiger partial charge in [-0.15, -0.1) is 0 Å². The van der Waals surface area contributed by atoms with Gasteiger partial charge in [0.2, 0.25) is 0 Å². The molecule has 0 aliphatic heterocycles. The third-order valence-electron chi connectivity index (χ3n) is 3.50. The Morgan fingerprint density at radius 2 is 1.44 bits per heavy atom. The summed E-state index contributed by atoms with van der Waals surface area (Å²) >= 11 is 0. The Bertz CT molecular complexity index is 157. The molecular formula is C16H36N2. The number of nitrogens with zero attached hydrogens (tertiary/aromatic N) is 1. The first-order valence-electron chi connectivity index (χ1n) is 8.17. The van der Waals surface area contributed by atoms with E-state index in [4.69, 9.17) is 0 Å². The Hall–Kier alpha value is -0.0800. The highest BCUT2D eigenvalue weighted by molar-refractivity contribution is 4.63. The van der Waals surface area contributed by atoms with Crippen molar-refractivity contribution in [3.05, 3.63) is 0 Å². The van der Waals surface area contributed by atoms with Crippen LogP contribution in [-0.4, -0.2) is 37.1 Å². The van der Waals surface area contributed by atoms with Gasteiger partial charge in [0.05, 0.1) is 0 Å². The van der Waals surface area contributed by atoms with Gasteiger partial charge >= 0.3 is 0 Å². The number of hydrogen-bond donors (Lipinski definition) is 1. The number of unbranched alkanes of at least 4 members (excludes halogenated alkanes) is 4. The van der Waals surface area contributed by atoms with Crippen LogP contribution in [0, 0.1) is 0 Å². The van der Waals surface area contributed by atoms with E-state index in [1.807, 2.05) is 0 Å². The lowest BCUT2D eigenvalue weighted by Gasteiger charge is -2.26. The standard InChI is InChI=1S/C16H36N2/c1-5-7-10-14-18(16(3)4)15-11-8-9-13-17-12-6-2/h16-17H,5-15H2,1-4H3. The second-order valence-electron chi connectivity index (χ2n) is 5.65. The van der Waals surface area contributed by atoms with Crippen molar-refractivity contribution in [3.63, 3.8) is 0 Å². The van der Waals surface area contributed by atoms with E-state index in [1.165, 1.54) is 71.1 Å². The molecule has 2 nitrogen and oxygen atoms in total. The first-order chi connectivity index (χ1) is 8.72.